The average Bonchev–Trinajstić information content (AvgIpc) is 2.48. The van der Waals surface area contributed by atoms with Crippen LogP contribution in [0.5, 0.6) is 0 Å². The molecule has 4 fully saturated rings. The molecule has 5 rings (SSSR count). The van der Waals surface area contributed by atoms with Crippen molar-refractivity contribution in [3.63, 3.8) is 0 Å². The van der Waals surface area contributed by atoms with E-state index in [1.165, 1.54) is 25.9 Å². The molecule has 1 aromatic rings. The summed E-state index contributed by atoms with van der Waals surface area (Å²) in [7, 11) is 0. The fourth-order valence-electron chi connectivity index (χ4n) is 3.89. The van der Waals surface area contributed by atoms with Crippen molar-refractivity contribution >= 4 is 5.97 Å². The normalized spacial score (nSPS) is 33.2. The molecule has 2 bridgehead atoms. The number of hydrogen-bond donors (Lipinski definition) is 1. The summed E-state index contributed by atoms with van der Waals surface area (Å²) in [6.45, 7) is 4.65. The average molecular weight is 286 g/mol. The Bertz CT molecular complexity index is 519. The molecular weight excluding hydrogens is 264 g/mol. The van der Waals surface area contributed by atoms with Crippen LogP contribution in [0.15, 0.2) is 30.3 Å². The molecule has 112 valence electrons. The Morgan fingerprint density at radius 3 is 2.43 bits per heavy atom. The molecule has 4 saturated heterocycles. The summed E-state index contributed by atoms with van der Waals surface area (Å²) in [5, 5.41) is 3.24. The van der Waals surface area contributed by atoms with Gasteiger partial charge in [0.05, 0.1) is 0 Å². The SMILES string of the molecule is O=C(OC1CN2CCC1CC2)C1(c2ccccc2)CNC1. The summed E-state index contributed by atoms with van der Waals surface area (Å²) in [4.78, 5) is 15.2. The zero-order chi connectivity index (χ0) is 14.3. The first kappa shape index (κ1) is 13.3. The van der Waals surface area contributed by atoms with Crippen molar-refractivity contribution in [3.8, 4) is 0 Å². The van der Waals surface area contributed by atoms with Crippen LogP contribution >= 0.6 is 0 Å². The Labute approximate surface area is 125 Å². The second kappa shape index (κ2) is 5.11. The minimum atomic E-state index is -0.465. The Balaban J connectivity index is 1.51. The molecule has 0 radical (unpaired) electrons. The van der Waals surface area contributed by atoms with E-state index in [0.717, 1.165) is 12.1 Å². The van der Waals surface area contributed by atoms with Gasteiger partial charge in [0.25, 0.3) is 0 Å². The number of benzene rings is 1. The number of nitrogens with zero attached hydrogens (tertiary/aromatic N) is 1. The van der Waals surface area contributed by atoms with Crippen molar-refractivity contribution in [1.29, 1.82) is 0 Å². The van der Waals surface area contributed by atoms with Crippen molar-refractivity contribution in [1.82, 2.24) is 10.2 Å². The van der Waals surface area contributed by atoms with Crippen LogP contribution in [-0.2, 0) is 14.9 Å². The number of fused-ring (bicyclic) bond motifs is 3. The Kier molecular flexibility index (Phi) is 3.23. The minimum absolute atomic E-state index is 0.0359. The third-order valence-corrected chi connectivity index (χ3v) is 5.43. The first-order chi connectivity index (χ1) is 10.3. The van der Waals surface area contributed by atoms with Crippen molar-refractivity contribution in [2.75, 3.05) is 32.7 Å². The summed E-state index contributed by atoms with van der Waals surface area (Å²) in [5.74, 6) is 0.533. The molecule has 4 heteroatoms. The molecule has 1 aromatic carbocycles. The van der Waals surface area contributed by atoms with Crippen LogP contribution in [0.1, 0.15) is 18.4 Å². The van der Waals surface area contributed by atoms with E-state index in [-0.39, 0.29) is 12.1 Å². The van der Waals surface area contributed by atoms with E-state index in [0.29, 0.717) is 19.0 Å². The maximum absolute atomic E-state index is 12.8. The third-order valence-electron chi connectivity index (χ3n) is 5.43. The van der Waals surface area contributed by atoms with Crippen molar-refractivity contribution < 1.29 is 9.53 Å². The number of ether oxygens (including phenoxy) is 1. The molecule has 1 atom stereocenters. The largest absolute Gasteiger partial charge is 0.460 e. The molecule has 4 aliphatic rings. The molecule has 0 amide bonds. The molecule has 4 nitrogen and oxygen atoms in total. The third kappa shape index (κ3) is 2.17. The van der Waals surface area contributed by atoms with E-state index >= 15 is 0 Å². The molecule has 0 aromatic heterocycles. The number of carbonyl (C=O) groups excluding carboxylic acids is 1. The number of hydrogen-bond acceptors (Lipinski definition) is 4. The number of piperidine rings is 3. The predicted octanol–water partition coefficient (Wildman–Crippen LogP) is 1.16. The topological polar surface area (TPSA) is 41.6 Å². The maximum Gasteiger partial charge on any atom is 0.319 e. The highest BCUT2D eigenvalue weighted by atomic mass is 16.5. The van der Waals surface area contributed by atoms with E-state index in [1.807, 2.05) is 30.3 Å². The van der Waals surface area contributed by atoms with Crippen molar-refractivity contribution in [3.05, 3.63) is 35.9 Å². The lowest BCUT2D eigenvalue weighted by molar-refractivity contribution is -0.168. The number of rotatable bonds is 3. The van der Waals surface area contributed by atoms with Crippen LogP contribution in [0.2, 0.25) is 0 Å². The van der Waals surface area contributed by atoms with Crippen LogP contribution in [-0.4, -0.2) is 49.7 Å². The van der Waals surface area contributed by atoms with Gasteiger partial charge in [-0.15, -0.1) is 0 Å². The molecular formula is C17H22N2O2. The van der Waals surface area contributed by atoms with E-state index in [9.17, 15) is 4.79 Å². The lowest BCUT2D eigenvalue weighted by atomic mass is 9.75. The fraction of sp³-hybridized carbons (Fsp3) is 0.588. The van der Waals surface area contributed by atoms with Crippen molar-refractivity contribution in [2.45, 2.75) is 24.4 Å². The van der Waals surface area contributed by atoms with E-state index in [1.54, 1.807) is 0 Å². The highest BCUT2D eigenvalue weighted by Gasteiger charge is 2.49. The molecule has 0 aliphatic carbocycles. The first-order valence-electron chi connectivity index (χ1n) is 7.98. The number of nitrogens with one attached hydrogen (secondary N) is 1. The lowest BCUT2D eigenvalue weighted by Crippen LogP contribution is -2.63. The van der Waals surface area contributed by atoms with Crippen LogP contribution in [0.4, 0.5) is 0 Å². The molecule has 1 N–H and O–H groups in total. The predicted molar refractivity (Wildman–Crippen MR) is 80.0 cm³/mol. The van der Waals surface area contributed by atoms with E-state index < -0.39 is 5.41 Å². The second-order valence-electron chi connectivity index (χ2n) is 6.63. The quantitative estimate of drug-likeness (QED) is 0.847. The van der Waals surface area contributed by atoms with E-state index in [2.05, 4.69) is 10.2 Å². The number of carbonyl (C=O) groups is 1. The Morgan fingerprint density at radius 1 is 1.19 bits per heavy atom. The highest BCUT2D eigenvalue weighted by Crippen LogP contribution is 2.34. The first-order valence-corrected chi connectivity index (χ1v) is 7.98. The lowest BCUT2D eigenvalue weighted by Gasteiger charge is -2.46. The van der Waals surface area contributed by atoms with Gasteiger partial charge in [-0.2, -0.15) is 0 Å². The van der Waals surface area contributed by atoms with E-state index in [4.69, 9.17) is 4.74 Å². The summed E-state index contributed by atoms with van der Waals surface area (Å²) >= 11 is 0. The van der Waals surface area contributed by atoms with Crippen LogP contribution in [0.3, 0.4) is 0 Å². The summed E-state index contributed by atoms with van der Waals surface area (Å²) in [6.07, 6.45) is 2.45. The maximum atomic E-state index is 12.8. The highest BCUT2D eigenvalue weighted by molar-refractivity contribution is 5.85. The van der Waals surface area contributed by atoms with Crippen LogP contribution in [0.25, 0.3) is 0 Å². The standard InChI is InChI=1S/C17H22N2O2/c20-16(21-15-10-19-8-6-13(15)7-9-19)17(11-18-12-17)14-4-2-1-3-5-14/h1-5,13,15,18H,6-12H2. The molecule has 4 heterocycles. The van der Waals surface area contributed by atoms with Gasteiger partial charge in [-0.25, -0.2) is 0 Å². The molecule has 21 heavy (non-hydrogen) atoms. The second-order valence-corrected chi connectivity index (χ2v) is 6.63. The summed E-state index contributed by atoms with van der Waals surface area (Å²) < 4.78 is 5.97. The van der Waals surface area contributed by atoms with Gasteiger partial charge in [-0.1, -0.05) is 30.3 Å². The van der Waals surface area contributed by atoms with Crippen LogP contribution < -0.4 is 5.32 Å². The molecule has 4 aliphatic heterocycles. The monoisotopic (exact) mass is 286 g/mol. The molecule has 0 spiro atoms. The summed E-state index contributed by atoms with van der Waals surface area (Å²) in [6, 6.07) is 10.1. The van der Waals surface area contributed by atoms with Gasteiger partial charge in [0.15, 0.2) is 0 Å². The molecule has 0 saturated carbocycles. The van der Waals surface area contributed by atoms with Gasteiger partial charge >= 0.3 is 5.97 Å². The van der Waals surface area contributed by atoms with Gasteiger partial charge < -0.3 is 10.1 Å². The Hall–Kier alpha value is -1.39. The van der Waals surface area contributed by atoms with Gasteiger partial charge in [-0.3, -0.25) is 9.69 Å². The smallest absolute Gasteiger partial charge is 0.319 e. The zero-order valence-electron chi connectivity index (χ0n) is 12.3. The van der Waals surface area contributed by atoms with Gasteiger partial charge in [0, 0.05) is 19.6 Å². The minimum Gasteiger partial charge on any atom is -0.460 e. The Morgan fingerprint density at radius 2 is 1.90 bits per heavy atom. The zero-order valence-corrected chi connectivity index (χ0v) is 12.3. The number of esters is 1. The van der Waals surface area contributed by atoms with Gasteiger partial charge in [0.2, 0.25) is 0 Å². The fourth-order valence-corrected chi connectivity index (χ4v) is 3.89. The van der Waals surface area contributed by atoms with Gasteiger partial charge in [0.1, 0.15) is 11.5 Å². The van der Waals surface area contributed by atoms with Crippen molar-refractivity contribution in [2.24, 2.45) is 5.92 Å². The van der Waals surface area contributed by atoms with Crippen LogP contribution in [0, 0.1) is 5.92 Å². The summed E-state index contributed by atoms with van der Waals surface area (Å²) in [5.41, 5.74) is 0.614. The van der Waals surface area contributed by atoms with Gasteiger partial charge in [-0.05, 0) is 37.4 Å². The molecule has 1 unspecified atom stereocenters.